The summed E-state index contributed by atoms with van der Waals surface area (Å²) in [7, 11) is 0. The zero-order chi connectivity index (χ0) is 10.4. The summed E-state index contributed by atoms with van der Waals surface area (Å²) in [5.41, 5.74) is 2.60. The molecule has 0 radical (unpaired) electrons. The number of nitrogens with one attached hydrogen (secondary N) is 1. The van der Waals surface area contributed by atoms with Crippen molar-refractivity contribution in [3.8, 4) is 0 Å². The van der Waals surface area contributed by atoms with Gasteiger partial charge in [-0.05, 0) is 37.3 Å². The highest BCUT2D eigenvalue weighted by molar-refractivity contribution is 7.98. The molecule has 0 saturated heterocycles. The maximum atomic E-state index is 4.12. The Balaban J connectivity index is 2.41. The van der Waals surface area contributed by atoms with Crippen molar-refractivity contribution in [3.63, 3.8) is 0 Å². The Morgan fingerprint density at radius 2 is 2.36 bits per heavy atom. The third kappa shape index (κ3) is 3.68. The summed E-state index contributed by atoms with van der Waals surface area (Å²) in [4.78, 5) is 4.12. The van der Waals surface area contributed by atoms with Crippen LogP contribution in [0.1, 0.15) is 18.1 Å². The zero-order valence-corrected chi connectivity index (χ0v) is 9.90. The van der Waals surface area contributed by atoms with Gasteiger partial charge in [-0.25, -0.2) is 0 Å². The first-order valence-electron chi connectivity index (χ1n) is 4.86. The largest absolute Gasteiger partial charge is 0.309 e. The molecule has 0 saturated carbocycles. The highest BCUT2D eigenvalue weighted by Gasteiger charge is 2.01. The van der Waals surface area contributed by atoms with Gasteiger partial charge in [-0.1, -0.05) is 0 Å². The van der Waals surface area contributed by atoms with Gasteiger partial charge in [-0.2, -0.15) is 11.8 Å². The fourth-order valence-electron chi connectivity index (χ4n) is 1.27. The second-order valence-electron chi connectivity index (χ2n) is 3.54. The Morgan fingerprint density at radius 3 is 3.00 bits per heavy atom. The molecule has 14 heavy (non-hydrogen) atoms. The van der Waals surface area contributed by atoms with Gasteiger partial charge in [0.15, 0.2) is 0 Å². The molecule has 0 spiro atoms. The second-order valence-corrected chi connectivity index (χ2v) is 4.45. The first-order chi connectivity index (χ1) is 6.74. The van der Waals surface area contributed by atoms with Crippen LogP contribution in [0.4, 0.5) is 0 Å². The van der Waals surface area contributed by atoms with E-state index in [2.05, 4.69) is 36.5 Å². The van der Waals surface area contributed by atoms with Gasteiger partial charge in [-0.3, -0.25) is 4.98 Å². The molecule has 1 heterocycles. The molecule has 0 aliphatic rings. The fourth-order valence-corrected chi connectivity index (χ4v) is 1.89. The van der Waals surface area contributed by atoms with Crippen LogP contribution in [0.2, 0.25) is 0 Å². The fraction of sp³-hybridized carbons (Fsp3) is 0.545. The average molecular weight is 210 g/mol. The quantitative estimate of drug-likeness (QED) is 0.806. The van der Waals surface area contributed by atoms with E-state index in [4.69, 9.17) is 0 Å². The monoisotopic (exact) mass is 210 g/mol. The van der Waals surface area contributed by atoms with E-state index in [9.17, 15) is 0 Å². The van der Waals surface area contributed by atoms with Gasteiger partial charge >= 0.3 is 0 Å². The SMILES string of the molecule is CSCC(C)NCc1cnccc1C. The van der Waals surface area contributed by atoms with Crippen LogP contribution in [0.3, 0.4) is 0 Å². The number of aryl methyl sites for hydroxylation is 1. The Kier molecular flexibility index (Phi) is 4.98. The molecule has 0 amide bonds. The minimum absolute atomic E-state index is 0.560. The molecule has 1 unspecified atom stereocenters. The molecule has 1 rings (SSSR count). The molecule has 0 bridgehead atoms. The molecule has 1 atom stereocenters. The van der Waals surface area contributed by atoms with Crippen LogP contribution in [0.25, 0.3) is 0 Å². The predicted octanol–water partition coefficient (Wildman–Crippen LogP) is 2.23. The van der Waals surface area contributed by atoms with Gasteiger partial charge in [0.1, 0.15) is 0 Å². The van der Waals surface area contributed by atoms with E-state index in [1.54, 1.807) is 0 Å². The lowest BCUT2D eigenvalue weighted by Crippen LogP contribution is -2.27. The van der Waals surface area contributed by atoms with Crippen molar-refractivity contribution in [2.24, 2.45) is 0 Å². The summed E-state index contributed by atoms with van der Waals surface area (Å²) >= 11 is 1.87. The Hall–Kier alpha value is -0.540. The van der Waals surface area contributed by atoms with Gasteiger partial charge in [0.2, 0.25) is 0 Å². The molecule has 1 aromatic rings. The van der Waals surface area contributed by atoms with E-state index in [0.29, 0.717) is 6.04 Å². The van der Waals surface area contributed by atoms with Gasteiger partial charge in [0, 0.05) is 30.7 Å². The van der Waals surface area contributed by atoms with Crippen LogP contribution in [-0.2, 0) is 6.54 Å². The molecule has 0 aliphatic heterocycles. The van der Waals surface area contributed by atoms with Crippen molar-refractivity contribution in [3.05, 3.63) is 29.6 Å². The number of pyridine rings is 1. The van der Waals surface area contributed by atoms with Crippen LogP contribution < -0.4 is 5.32 Å². The van der Waals surface area contributed by atoms with Crippen molar-refractivity contribution < 1.29 is 0 Å². The predicted molar refractivity (Wildman–Crippen MR) is 63.7 cm³/mol. The van der Waals surface area contributed by atoms with Gasteiger partial charge in [0.05, 0.1) is 0 Å². The smallest absolute Gasteiger partial charge is 0.0315 e. The topological polar surface area (TPSA) is 24.9 Å². The minimum atomic E-state index is 0.560. The molecule has 2 nitrogen and oxygen atoms in total. The molecule has 78 valence electrons. The number of nitrogens with zero attached hydrogens (tertiary/aromatic N) is 1. The first kappa shape index (κ1) is 11.5. The Morgan fingerprint density at radius 1 is 1.57 bits per heavy atom. The van der Waals surface area contributed by atoms with E-state index >= 15 is 0 Å². The highest BCUT2D eigenvalue weighted by atomic mass is 32.2. The number of thioether (sulfide) groups is 1. The lowest BCUT2D eigenvalue weighted by Gasteiger charge is -2.13. The molecule has 0 aliphatic carbocycles. The molecule has 1 aromatic heterocycles. The van der Waals surface area contributed by atoms with Crippen LogP contribution in [0, 0.1) is 6.92 Å². The normalized spacial score (nSPS) is 12.8. The summed E-state index contributed by atoms with van der Waals surface area (Å²) in [5, 5.41) is 3.48. The summed E-state index contributed by atoms with van der Waals surface area (Å²) in [6.07, 6.45) is 5.91. The van der Waals surface area contributed by atoms with Crippen LogP contribution >= 0.6 is 11.8 Å². The van der Waals surface area contributed by atoms with Crippen LogP contribution in [0.15, 0.2) is 18.5 Å². The van der Waals surface area contributed by atoms with Crippen LogP contribution in [-0.4, -0.2) is 23.0 Å². The van der Waals surface area contributed by atoms with E-state index in [1.807, 2.05) is 24.2 Å². The first-order valence-corrected chi connectivity index (χ1v) is 6.25. The number of hydrogen-bond donors (Lipinski definition) is 1. The third-order valence-corrected chi connectivity index (χ3v) is 3.04. The van der Waals surface area contributed by atoms with Crippen molar-refractivity contribution in [1.29, 1.82) is 0 Å². The molecule has 3 heteroatoms. The van der Waals surface area contributed by atoms with Crippen LogP contribution in [0.5, 0.6) is 0 Å². The second kappa shape index (κ2) is 6.04. The number of rotatable bonds is 5. The molecule has 1 N–H and O–H groups in total. The van der Waals surface area contributed by atoms with Crippen molar-refractivity contribution in [2.45, 2.75) is 26.4 Å². The lowest BCUT2D eigenvalue weighted by molar-refractivity contribution is 0.594. The molecule has 0 fully saturated rings. The maximum Gasteiger partial charge on any atom is 0.0315 e. The standard InChI is InChI=1S/C11H18N2S/c1-9-4-5-12-6-11(9)7-13-10(2)8-14-3/h4-6,10,13H,7-8H2,1-3H3. The van der Waals surface area contributed by atoms with Crippen molar-refractivity contribution in [1.82, 2.24) is 10.3 Å². The minimum Gasteiger partial charge on any atom is -0.309 e. The van der Waals surface area contributed by atoms with Crippen molar-refractivity contribution in [2.75, 3.05) is 12.0 Å². The molecular weight excluding hydrogens is 192 g/mol. The summed E-state index contributed by atoms with van der Waals surface area (Å²) in [6, 6.07) is 2.61. The van der Waals surface area contributed by atoms with E-state index in [1.165, 1.54) is 11.1 Å². The Labute approximate surface area is 90.5 Å². The summed E-state index contributed by atoms with van der Waals surface area (Å²) in [6.45, 7) is 5.25. The molecular formula is C11H18N2S. The summed E-state index contributed by atoms with van der Waals surface area (Å²) in [5.74, 6) is 1.15. The maximum absolute atomic E-state index is 4.12. The van der Waals surface area contributed by atoms with E-state index in [0.717, 1.165) is 12.3 Å². The zero-order valence-electron chi connectivity index (χ0n) is 9.08. The van der Waals surface area contributed by atoms with Gasteiger partial charge < -0.3 is 5.32 Å². The summed E-state index contributed by atoms with van der Waals surface area (Å²) < 4.78 is 0. The Bertz CT molecular complexity index is 276. The van der Waals surface area contributed by atoms with Gasteiger partial charge in [-0.15, -0.1) is 0 Å². The van der Waals surface area contributed by atoms with Crippen molar-refractivity contribution >= 4 is 11.8 Å². The number of aromatic nitrogens is 1. The van der Waals surface area contributed by atoms with E-state index in [-0.39, 0.29) is 0 Å². The molecule has 0 aromatic carbocycles. The third-order valence-electron chi connectivity index (χ3n) is 2.21. The lowest BCUT2D eigenvalue weighted by atomic mass is 10.1. The van der Waals surface area contributed by atoms with E-state index < -0.39 is 0 Å². The van der Waals surface area contributed by atoms with Gasteiger partial charge in [0.25, 0.3) is 0 Å². The average Bonchev–Trinajstić information content (AvgIpc) is 2.17. The number of hydrogen-bond acceptors (Lipinski definition) is 3. The highest BCUT2D eigenvalue weighted by Crippen LogP contribution is 2.05.